The average molecular weight is 535 g/mol. The van der Waals surface area contributed by atoms with Gasteiger partial charge in [-0.3, -0.25) is 19.7 Å². The third-order valence-corrected chi connectivity index (χ3v) is 9.05. The minimum Gasteiger partial charge on any atom is -0.348 e. The highest BCUT2D eigenvalue weighted by molar-refractivity contribution is 7.91. The number of nitrogens with zero attached hydrogens (tertiary/aromatic N) is 3. The first kappa shape index (κ1) is 27.9. The Morgan fingerprint density at radius 1 is 1.11 bits per heavy atom. The SMILES string of the molecule is CCS(=O)(=O)c1ccc(CNC(=O)c2ccc3c(c2)C(C)(C)CN(Cc2cnc(C)cn2)[C@H]3C(C)C)cc1. The van der Waals surface area contributed by atoms with E-state index in [2.05, 4.69) is 53.9 Å². The first-order chi connectivity index (χ1) is 17.9. The molecule has 4 rings (SSSR count). The number of hydrogen-bond acceptors (Lipinski definition) is 6. The molecule has 3 aromatic rings. The first-order valence-corrected chi connectivity index (χ1v) is 14.8. The number of carbonyl (C=O) groups excluding carboxylic acids is 1. The molecule has 38 heavy (non-hydrogen) atoms. The van der Waals surface area contributed by atoms with E-state index in [0.717, 1.165) is 30.0 Å². The molecule has 0 radical (unpaired) electrons. The molecular weight excluding hydrogens is 496 g/mol. The fourth-order valence-electron chi connectivity index (χ4n) is 5.34. The lowest BCUT2D eigenvalue weighted by molar-refractivity contribution is 0.0941. The number of fused-ring (bicyclic) bond motifs is 1. The minimum absolute atomic E-state index is 0.0627. The number of carbonyl (C=O) groups is 1. The molecule has 1 atom stereocenters. The molecule has 0 saturated heterocycles. The second-order valence-electron chi connectivity index (χ2n) is 11.2. The summed E-state index contributed by atoms with van der Waals surface area (Å²) in [6.07, 6.45) is 3.67. The Bertz CT molecular complexity index is 1400. The number of amides is 1. The average Bonchev–Trinajstić information content (AvgIpc) is 2.88. The van der Waals surface area contributed by atoms with Crippen LogP contribution >= 0.6 is 0 Å². The van der Waals surface area contributed by atoms with Gasteiger partial charge in [0.15, 0.2) is 9.84 Å². The van der Waals surface area contributed by atoms with E-state index in [9.17, 15) is 13.2 Å². The summed E-state index contributed by atoms with van der Waals surface area (Å²) in [5.74, 6) is 0.294. The number of sulfone groups is 1. The van der Waals surface area contributed by atoms with Gasteiger partial charge in [0, 0.05) is 49.0 Å². The van der Waals surface area contributed by atoms with Crippen LogP contribution in [0.4, 0.5) is 0 Å². The molecule has 0 saturated carbocycles. The van der Waals surface area contributed by atoms with Crippen LogP contribution < -0.4 is 5.32 Å². The second-order valence-corrected chi connectivity index (χ2v) is 13.4. The Morgan fingerprint density at radius 2 is 1.82 bits per heavy atom. The molecule has 1 aliphatic rings. The summed E-state index contributed by atoms with van der Waals surface area (Å²) in [6, 6.07) is 13.0. The molecule has 7 nitrogen and oxygen atoms in total. The molecule has 0 fully saturated rings. The topological polar surface area (TPSA) is 92.3 Å². The van der Waals surface area contributed by atoms with Crippen LogP contribution in [0.2, 0.25) is 0 Å². The molecule has 1 N–H and O–H groups in total. The molecule has 1 amide bonds. The lowest BCUT2D eigenvalue weighted by Gasteiger charge is -2.47. The number of aromatic nitrogens is 2. The number of nitrogens with one attached hydrogen (secondary N) is 1. The van der Waals surface area contributed by atoms with Crippen molar-refractivity contribution in [3.63, 3.8) is 0 Å². The maximum atomic E-state index is 13.1. The van der Waals surface area contributed by atoms with Crippen molar-refractivity contribution >= 4 is 15.7 Å². The molecule has 2 heterocycles. The molecule has 8 heteroatoms. The highest BCUT2D eigenvalue weighted by atomic mass is 32.2. The summed E-state index contributed by atoms with van der Waals surface area (Å²) < 4.78 is 24.1. The van der Waals surface area contributed by atoms with Gasteiger partial charge in [-0.15, -0.1) is 0 Å². The maximum absolute atomic E-state index is 13.1. The van der Waals surface area contributed by atoms with Gasteiger partial charge in [0.1, 0.15) is 0 Å². The van der Waals surface area contributed by atoms with Crippen LogP contribution in [0.25, 0.3) is 0 Å². The van der Waals surface area contributed by atoms with Gasteiger partial charge in [0.05, 0.1) is 22.0 Å². The second kappa shape index (κ2) is 10.9. The van der Waals surface area contributed by atoms with E-state index < -0.39 is 9.84 Å². The van der Waals surface area contributed by atoms with Gasteiger partial charge in [-0.25, -0.2) is 8.42 Å². The van der Waals surface area contributed by atoms with Gasteiger partial charge >= 0.3 is 0 Å². The normalized spacial score (nSPS) is 17.3. The van der Waals surface area contributed by atoms with Crippen molar-refractivity contribution in [2.75, 3.05) is 12.3 Å². The van der Waals surface area contributed by atoms with Crippen molar-refractivity contribution in [3.8, 4) is 0 Å². The monoisotopic (exact) mass is 534 g/mol. The van der Waals surface area contributed by atoms with E-state index >= 15 is 0 Å². The highest BCUT2D eigenvalue weighted by Crippen LogP contribution is 2.43. The third-order valence-electron chi connectivity index (χ3n) is 7.30. The smallest absolute Gasteiger partial charge is 0.251 e. The van der Waals surface area contributed by atoms with E-state index in [1.807, 2.05) is 31.5 Å². The van der Waals surface area contributed by atoms with Crippen molar-refractivity contribution in [2.24, 2.45) is 5.92 Å². The van der Waals surface area contributed by atoms with Gasteiger partial charge in [-0.1, -0.05) is 52.8 Å². The van der Waals surface area contributed by atoms with Crippen molar-refractivity contribution in [2.45, 2.75) is 71.0 Å². The predicted molar refractivity (Wildman–Crippen MR) is 150 cm³/mol. The lowest BCUT2D eigenvalue weighted by Crippen LogP contribution is -2.46. The van der Waals surface area contributed by atoms with Crippen LogP contribution in [0.15, 0.2) is 59.8 Å². The van der Waals surface area contributed by atoms with E-state index in [4.69, 9.17) is 0 Å². The predicted octanol–water partition coefficient (Wildman–Crippen LogP) is 5.00. The van der Waals surface area contributed by atoms with Gasteiger partial charge in [0.2, 0.25) is 0 Å². The number of rotatable bonds is 8. The van der Waals surface area contributed by atoms with E-state index in [0.29, 0.717) is 22.9 Å². The lowest BCUT2D eigenvalue weighted by atomic mass is 9.73. The quantitative estimate of drug-likeness (QED) is 0.437. The zero-order valence-electron chi connectivity index (χ0n) is 23.2. The van der Waals surface area contributed by atoms with Crippen LogP contribution in [0.1, 0.15) is 79.1 Å². The molecule has 202 valence electrons. The third kappa shape index (κ3) is 5.97. The molecule has 0 unspecified atom stereocenters. The van der Waals surface area contributed by atoms with Crippen molar-refractivity contribution in [1.29, 1.82) is 0 Å². The molecule has 0 spiro atoms. The number of aryl methyl sites for hydroxylation is 1. The highest BCUT2D eigenvalue weighted by Gasteiger charge is 2.39. The van der Waals surface area contributed by atoms with Gasteiger partial charge in [0.25, 0.3) is 5.91 Å². The van der Waals surface area contributed by atoms with Crippen molar-refractivity contribution < 1.29 is 13.2 Å². The van der Waals surface area contributed by atoms with Crippen LogP contribution in [0, 0.1) is 12.8 Å². The fraction of sp³-hybridized carbons (Fsp3) is 0.433. The Morgan fingerprint density at radius 3 is 2.42 bits per heavy atom. The van der Waals surface area contributed by atoms with E-state index in [1.54, 1.807) is 31.2 Å². The van der Waals surface area contributed by atoms with Crippen molar-refractivity contribution in [1.82, 2.24) is 20.2 Å². The number of hydrogen-bond donors (Lipinski definition) is 1. The molecular formula is C30H38N4O3S. The fourth-order valence-corrected chi connectivity index (χ4v) is 6.22. The largest absolute Gasteiger partial charge is 0.348 e. The standard InChI is InChI=1S/C30H38N4O3S/c1-7-38(36,37)25-11-8-22(9-12-25)16-33-29(35)23-10-13-26-27(14-23)30(5,6)19-34(28(26)20(2)3)18-24-17-31-21(4)15-32-24/h8-15,17,20,28H,7,16,18-19H2,1-6H3,(H,33,35)/t28-/m0/s1. The zero-order valence-corrected chi connectivity index (χ0v) is 24.0. The van der Waals surface area contributed by atoms with Gasteiger partial charge in [-0.2, -0.15) is 0 Å². The minimum atomic E-state index is -3.24. The van der Waals surface area contributed by atoms with E-state index in [1.165, 1.54) is 11.1 Å². The van der Waals surface area contributed by atoms with Crippen LogP contribution in [0.5, 0.6) is 0 Å². The zero-order chi connectivity index (χ0) is 27.7. The van der Waals surface area contributed by atoms with Crippen LogP contribution in [-0.2, 0) is 28.3 Å². The number of benzene rings is 2. The maximum Gasteiger partial charge on any atom is 0.251 e. The van der Waals surface area contributed by atoms with Gasteiger partial charge in [-0.05, 0) is 53.8 Å². The summed E-state index contributed by atoms with van der Waals surface area (Å²) >= 11 is 0. The molecule has 0 aliphatic carbocycles. The summed E-state index contributed by atoms with van der Waals surface area (Å²) in [6.45, 7) is 14.4. The Labute approximate surface area is 226 Å². The van der Waals surface area contributed by atoms with Crippen LogP contribution in [0.3, 0.4) is 0 Å². The summed E-state index contributed by atoms with van der Waals surface area (Å²) in [4.78, 5) is 24.9. The molecule has 1 aromatic heterocycles. The van der Waals surface area contributed by atoms with E-state index in [-0.39, 0.29) is 23.1 Å². The molecule has 2 aromatic carbocycles. The Kier molecular flexibility index (Phi) is 8.04. The summed E-state index contributed by atoms with van der Waals surface area (Å²) in [5.41, 5.74) is 5.63. The van der Waals surface area contributed by atoms with Crippen LogP contribution in [-0.4, -0.2) is 41.5 Å². The Balaban J connectivity index is 1.53. The molecule has 1 aliphatic heterocycles. The van der Waals surface area contributed by atoms with Crippen molar-refractivity contribution in [3.05, 3.63) is 88.5 Å². The first-order valence-electron chi connectivity index (χ1n) is 13.2. The van der Waals surface area contributed by atoms with Gasteiger partial charge < -0.3 is 5.32 Å². The molecule has 0 bridgehead atoms. The summed E-state index contributed by atoms with van der Waals surface area (Å²) in [7, 11) is -3.24. The Hall–Kier alpha value is -3.10. The summed E-state index contributed by atoms with van der Waals surface area (Å²) in [5, 5.41) is 2.99.